The van der Waals surface area contributed by atoms with E-state index in [4.69, 9.17) is 4.74 Å². The molecule has 23 heavy (non-hydrogen) atoms. The van der Waals surface area contributed by atoms with Gasteiger partial charge >= 0.3 is 0 Å². The Morgan fingerprint density at radius 1 is 1.26 bits per heavy atom. The number of para-hydroxylation sites is 1. The lowest BCUT2D eigenvalue weighted by Gasteiger charge is -2.28. The van der Waals surface area contributed by atoms with E-state index in [1.165, 1.54) is 12.8 Å². The first-order chi connectivity index (χ1) is 10.6. The van der Waals surface area contributed by atoms with Crippen LogP contribution >= 0.6 is 12.4 Å². The Morgan fingerprint density at radius 2 is 1.91 bits per heavy atom. The highest BCUT2D eigenvalue weighted by molar-refractivity contribution is 5.85. The van der Waals surface area contributed by atoms with Crippen molar-refractivity contribution in [1.29, 1.82) is 0 Å². The fourth-order valence-electron chi connectivity index (χ4n) is 2.98. The van der Waals surface area contributed by atoms with Gasteiger partial charge in [-0.3, -0.25) is 4.79 Å². The minimum Gasteiger partial charge on any atom is -0.489 e. The number of piperidine rings is 1. The maximum Gasteiger partial charge on any atom is 0.220 e. The van der Waals surface area contributed by atoms with Gasteiger partial charge in [0.2, 0.25) is 5.91 Å². The zero-order valence-electron chi connectivity index (χ0n) is 14.1. The first-order valence-electron chi connectivity index (χ1n) is 8.34. The predicted molar refractivity (Wildman–Crippen MR) is 96.2 cm³/mol. The first-order valence-corrected chi connectivity index (χ1v) is 8.34. The number of rotatable bonds is 7. The van der Waals surface area contributed by atoms with Gasteiger partial charge in [0.25, 0.3) is 0 Å². The summed E-state index contributed by atoms with van der Waals surface area (Å²) in [5, 5.41) is 6.36. The molecule has 4 nitrogen and oxygen atoms in total. The fourth-order valence-corrected chi connectivity index (χ4v) is 2.98. The van der Waals surface area contributed by atoms with Gasteiger partial charge < -0.3 is 15.4 Å². The van der Waals surface area contributed by atoms with Gasteiger partial charge in [0, 0.05) is 6.42 Å². The van der Waals surface area contributed by atoms with Crippen molar-refractivity contribution < 1.29 is 9.53 Å². The molecule has 1 amide bonds. The van der Waals surface area contributed by atoms with E-state index < -0.39 is 0 Å². The normalized spacial score (nSPS) is 17.7. The molecule has 1 fully saturated rings. The number of halogens is 1. The van der Waals surface area contributed by atoms with Gasteiger partial charge in [-0.1, -0.05) is 25.1 Å². The van der Waals surface area contributed by atoms with Crippen LogP contribution in [0, 0.1) is 11.8 Å². The fraction of sp³-hybridized carbons (Fsp3) is 0.611. The number of benzene rings is 1. The lowest BCUT2D eigenvalue weighted by Crippen LogP contribution is -2.36. The molecule has 1 saturated heterocycles. The summed E-state index contributed by atoms with van der Waals surface area (Å²) in [6.07, 6.45) is 2.95. The Hall–Kier alpha value is -1.26. The SMILES string of the molecule is CC(CNC(=O)CC(C)C1CCNCC1)Oc1ccccc1.Cl. The molecular weight excluding hydrogens is 312 g/mol. The number of hydrogen-bond donors (Lipinski definition) is 2. The summed E-state index contributed by atoms with van der Waals surface area (Å²) in [6.45, 7) is 6.88. The van der Waals surface area contributed by atoms with Gasteiger partial charge in [0.1, 0.15) is 11.9 Å². The van der Waals surface area contributed by atoms with Gasteiger partial charge in [0.05, 0.1) is 6.54 Å². The van der Waals surface area contributed by atoms with Crippen molar-refractivity contribution in [3.8, 4) is 5.75 Å². The molecule has 5 heteroatoms. The maximum absolute atomic E-state index is 12.1. The molecule has 2 atom stereocenters. The minimum atomic E-state index is -0.0273. The van der Waals surface area contributed by atoms with E-state index in [1.807, 2.05) is 37.3 Å². The van der Waals surface area contributed by atoms with Crippen molar-refractivity contribution in [2.45, 2.75) is 39.2 Å². The topological polar surface area (TPSA) is 50.4 Å². The molecule has 0 bridgehead atoms. The highest BCUT2D eigenvalue weighted by atomic mass is 35.5. The average Bonchev–Trinajstić information content (AvgIpc) is 2.55. The second-order valence-corrected chi connectivity index (χ2v) is 6.31. The van der Waals surface area contributed by atoms with Crippen molar-refractivity contribution in [2.24, 2.45) is 11.8 Å². The second kappa shape index (κ2) is 10.5. The molecule has 2 N–H and O–H groups in total. The number of ether oxygens (including phenoxy) is 1. The van der Waals surface area contributed by atoms with Gasteiger partial charge in [-0.15, -0.1) is 12.4 Å². The van der Waals surface area contributed by atoms with Crippen molar-refractivity contribution in [3.63, 3.8) is 0 Å². The Kier molecular flexibility index (Phi) is 9.03. The molecule has 1 aliphatic heterocycles. The highest BCUT2D eigenvalue weighted by Crippen LogP contribution is 2.24. The molecule has 1 aromatic carbocycles. The molecule has 0 radical (unpaired) electrons. The van der Waals surface area contributed by atoms with Crippen LogP contribution in [0.15, 0.2) is 30.3 Å². The maximum atomic E-state index is 12.1. The third-order valence-electron chi connectivity index (χ3n) is 4.36. The average molecular weight is 341 g/mol. The molecule has 130 valence electrons. The third kappa shape index (κ3) is 7.23. The highest BCUT2D eigenvalue weighted by Gasteiger charge is 2.22. The van der Waals surface area contributed by atoms with Crippen LogP contribution in [0.2, 0.25) is 0 Å². The van der Waals surface area contributed by atoms with Crippen LogP contribution in [0.3, 0.4) is 0 Å². The summed E-state index contributed by atoms with van der Waals surface area (Å²) in [5.74, 6) is 2.10. The van der Waals surface area contributed by atoms with E-state index in [2.05, 4.69) is 17.6 Å². The van der Waals surface area contributed by atoms with Crippen LogP contribution in [0.1, 0.15) is 33.1 Å². The quantitative estimate of drug-likeness (QED) is 0.802. The number of hydrogen-bond acceptors (Lipinski definition) is 3. The molecule has 1 aromatic rings. The Bertz CT molecular complexity index is 450. The molecule has 0 aliphatic carbocycles. The van der Waals surface area contributed by atoms with Crippen LogP contribution in [0.25, 0.3) is 0 Å². The summed E-state index contributed by atoms with van der Waals surface area (Å²) in [4.78, 5) is 12.1. The summed E-state index contributed by atoms with van der Waals surface area (Å²) >= 11 is 0. The Labute approximate surface area is 145 Å². The van der Waals surface area contributed by atoms with Crippen LogP contribution in [0.4, 0.5) is 0 Å². The molecule has 0 saturated carbocycles. The molecule has 0 spiro atoms. The Morgan fingerprint density at radius 3 is 2.57 bits per heavy atom. The summed E-state index contributed by atoms with van der Waals surface area (Å²) < 4.78 is 5.76. The largest absolute Gasteiger partial charge is 0.489 e. The van der Waals surface area contributed by atoms with Crippen LogP contribution < -0.4 is 15.4 Å². The van der Waals surface area contributed by atoms with Crippen LogP contribution in [0.5, 0.6) is 5.75 Å². The van der Waals surface area contributed by atoms with E-state index >= 15 is 0 Å². The number of amides is 1. The number of carbonyl (C=O) groups is 1. The van der Waals surface area contributed by atoms with Crippen molar-refractivity contribution >= 4 is 18.3 Å². The zero-order valence-corrected chi connectivity index (χ0v) is 14.9. The molecule has 2 rings (SSSR count). The van der Waals surface area contributed by atoms with Crippen LogP contribution in [-0.2, 0) is 4.79 Å². The summed E-state index contributed by atoms with van der Waals surface area (Å²) in [6, 6.07) is 9.71. The van der Waals surface area contributed by atoms with E-state index in [1.54, 1.807) is 0 Å². The number of carbonyl (C=O) groups excluding carboxylic acids is 1. The van der Waals surface area contributed by atoms with E-state index in [-0.39, 0.29) is 24.4 Å². The van der Waals surface area contributed by atoms with Crippen molar-refractivity contribution in [2.75, 3.05) is 19.6 Å². The summed E-state index contributed by atoms with van der Waals surface area (Å²) in [7, 11) is 0. The first kappa shape index (κ1) is 19.8. The van der Waals surface area contributed by atoms with E-state index in [0.29, 0.717) is 24.8 Å². The van der Waals surface area contributed by atoms with Gasteiger partial charge in [0.15, 0.2) is 0 Å². The number of nitrogens with one attached hydrogen (secondary N) is 2. The smallest absolute Gasteiger partial charge is 0.220 e. The summed E-state index contributed by atoms with van der Waals surface area (Å²) in [5.41, 5.74) is 0. The standard InChI is InChI=1S/C18H28N2O2.ClH/c1-14(16-8-10-19-11-9-16)12-18(21)20-13-15(2)22-17-6-4-3-5-7-17;/h3-7,14-16,19H,8-13H2,1-2H3,(H,20,21);1H. The molecule has 1 aliphatic rings. The van der Waals surface area contributed by atoms with Gasteiger partial charge in [-0.25, -0.2) is 0 Å². The predicted octanol–water partition coefficient (Wildman–Crippen LogP) is 3.02. The molecule has 1 heterocycles. The Balaban J connectivity index is 0.00000264. The van der Waals surface area contributed by atoms with Gasteiger partial charge in [-0.05, 0) is 56.8 Å². The molecule has 2 unspecified atom stereocenters. The van der Waals surface area contributed by atoms with E-state index in [9.17, 15) is 4.79 Å². The lowest BCUT2D eigenvalue weighted by molar-refractivity contribution is -0.122. The van der Waals surface area contributed by atoms with E-state index in [0.717, 1.165) is 18.8 Å². The molecular formula is C18H29ClN2O2. The lowest BCUT2D eigenvalue weighted by atomic mass is 9.84. The van der Waals surface area contributed by atoms with Crippen molar-refractivity contribution in [1.82, 2.24) is 10.6 Å². The van der Waals surface area contributed by atoms with Crippen LogP contribution in [-0.4, -0.2) is 31.6 Å². The molecule has 0 aromatic heterocycles. The minimum absolute atomic E-state index is 0. The van der Waals surface area contributed by atoms with Crippen molar-refractivity contribution in [3.05, 3.63) is 30.3 Å². The monoisotopic (exact) mass is 340 g/mol. The second-order valence-electron chi connectivity index (χ2n) is 6.31. The third-order valence-corrected chi connectivity index (χ3v) is 4.36. The van der Waals surface area contributed by atoms with Gasteiger partial charge in [-0.2, -0.15) is 0 Å². The zero-order chi connectivity index (χ0) is 15.8.